The average molecular weight is 403 g/mol. The third kappa shape index (κ3) is 5.58. The zero-order valence-electron chi connectivity index (χ0n) is 17.7. The number of methoxy groups -OCH3 is 1. The summed E-state index contributed by atoms with van der Waals surface area (Å²) in [7, 11) is 1.69. The quantitative estimate of drug-likeness (QED) is 0.762. The SMILES string of the molecule is COCCC1(NC(=O)C2CCOCC2)CCN(C(=O)[C@H](C)c2ccccc2)CC1. The molecule has 1 aromatic rings. The van der Waals surface area contributed by atoms with Crippen LogP contribution in [0, 0.1) is 5.92 Å². The lowest BCUT2D eigenvalue weighted by Crippen LogP contribution is -2.58. The molecule has 6 heteroatoms. The highest BCUT2D eigenvalue weighted by Gasteiger charge is 2.39. The van der Waals surface area contributed by atoms with Gasteiger partial charge in [0.1, 0.15) is 0 Å². The fourth-order valence-electron chi connectivity index (χ4n) is 4.37. The first kappa shape index (κ1) is 21.8. The molecular formula is C23H34N2O4. The van der Waals surface area contributed by atoms with Crippen LogP contribution in [-0.2, 0) is 19.1 Å². The zero-order chi connectivity index (χ0) is 20.7. The van der Waals surface area contributed by atoms with Gasteiger partial charge in [0.2, 0.25) is 11.8 Å². The number of likely N-dealkylation sites (tertiary alicyclic amines) is 1. The topological polar surface area (TPSA) is 67.9 Å². The Morgan fingerprint density at radius 3 is 2.48 bits per heavy atom. The van der Waals surface area contributed by atoms with Gasteiger partial charge in [-0.2, -0.15) is 0 Å². The largest absolute Gasteiger partial charge is 0.385 e. The first-order valence-corrected chi connectivity index (χ1v) is 10.8. The number of carbonyl (C=O) groups is 2. The summed E-state index contributed by atoms with van der Waals surface area (Å²) in [6, 6.07) is 9.91. The van der Waals surface area contributed by atoms with E-state index in [4.69, 9.17) is 9.47 Å². The third-order valence-corrected chi connectivity index (χ3v) is 6.47. The molecule has 2 heterocycles. The first-order valence-electron chi connectivity index (χ1n) is 10.8. The monoisotopic (exact) mass is 402 g/mol. The molecule has 2 saturated heterocycles. The zero-order valence-corrected chi connectivity index (χ0v) is 17.7. The van der Waals surface area contributed by atoms with Crippen LogP contribution >= 0.6 is 0 Å². The Balaban J connectivity index is 1.61. The van der Waals surface area contributed by atoms with Crippen molar-refractivity contribution < 1.29 is 19.1 Å². The molecule has 1 atom stereocenters. The van der Waals surface area contributed by atoms with E-state index < -0.39 is 0 Å². The second kappa shape index (κ2) is 10.2. The lowest BCUT2D eigenvalue weighted by Gasteiger charge is -2.44. The molecule has 0 bridgehead atoms. The van der Waals surface area contributed by atoms with E-state index in [0.717, 1.165) is 37.7 Å². The molecule has 3 rings (SSSR count). The van der Waals surface area contributed by atoms with Crippen molar-refractivity contribution in [1.82, 2.24) is 10.2 Å². The summed E-state index contributed by atoms with van der Waals surface area (Å²) in [5.41, 5.74) is 0.750. The minimum atomic E-state index is -0.293. The van der Waals surface area contributed by atoms with Gasteiger partial charge in [0.05, 0.1) is 5.92 Å². The van der Waals surface area contributed by atoms with Crippen LogP contribution in [0.3, 0.4) is 0 Å². The molecule has 1 aromatic carbocycles. The van der Waals surface area contributed by atoms with Crippen LogP contribution in [0.4, 0.5) is 0 Å². The highest BCUT2D eigenvalue weighted by molar-refractivity contribution is 5.83. The third-order valence-electron chi connectivity index (χ3n) is 6.47. The number of amides is 2. The van der Waals surface area contributed by atoms with Gasteiger partial charge in [-0.1, -0.05) is 30.3 Å². The predicted octanol–water partition coefficient (Wildman–Crippen LogP) is 2.73. The Morgan fingerprint density at radius 2 is 1.86 bits per heavy atom. The standard InChI is InChI=1S/C23H34N2O4/c1-18(19-6-4-3-5-7-19)22(27)25-13-10-23(11-14-25,12-17-28-2)24-21(26)20-8-15-29-16-9-20/h3-7,18,20H,8-17H2,1-2H3,(H,24,26)/t18-/m1/s1. The molecule has 2 aliphatic heterocycles. The van der Waals surface area contributed by atoms with Crippen molar-refractivity contribution in [3.05, 3.63) is 35.9 Å². The van der Waals surface area contributed by atoms with Crippen molar-refractivity contribution >= 4 is 11.8 Å². The van der Waals surface area contributed by atoms with E-state index in [1.165, 1.54) is 0 Å². The van der Waals surface area contributed by atoms with E-state index in [9.17, 15) is 9.59 Å². The van der Waals surface area contributed by atoms with Gasteiger partial charge in [0.25, 0.3) is 0 Å². The Morgan fingerprint density at radius 1 is 1.21 bits per heavy atom. The van der Waals surface area contributed by atoms with Crippen molar-refractivity contribution in [2.24, 2.45) is 5.92 Å². The Bertz CT molecular complexity index is 665. The number of carbonyl (C=O) groups excluding carboxylic acids is 2. The maximum absolute atomic E-state index is 13.0. The van der Waals surface area contributed by atoms with Gasteiger partial charge in [-0.3, -0.25) is 9.59 Å². The molecule has 160 valence electrons. The number of nitrogens with one attached hydrogen (secondary N) is 1. The van der Waals surface area contributed by atoms with Gasteiger partial charge in [-0.25, -0.2) is 0 Å². The van der Waals surface area contributed by atoms with Gasteiger partial charge < -0.3 is 19.7 Å². The molecule has 29 heavy (non-hydrogen) atoms. The van der Waals surface area contributed by atoms with Crippen LogP contribution in [0.1, 0.15) is 50.5 Å². The van der Waals surface area contributed by atoms with Gasteiger partial charge in [-0.15, -0.1) is 0 Å². The van der Waals surface area contributed by atoms with E-state index in [-0.39, 0.29) is 29.2 Å². The summed E-state index contributed by atoms with van der Waals surface area (Å²) in [5.74, 6) is 0.162. The summed E-state index contributed by atoms with van der Waals surface area (Å²) in [6.07, 6.45) is 3.86. The molecule has 1 N–H and O–H groups in total. The molecule has 0 saturated carbocycles. The highest BCUT2D eigenvalue weighted by atomic mass is 16.5. The number of piperidine rings is 1. The molecule has 0 aliphatic carbocycles. The van der Waals surface area contributed by atoms with E-state index in [1.54, 1.807) is 7.11 Å². The van der Waals surface area contributed by atoms with Crippen LogP contribution < -0.4 is 5.32 Å². The van der Waals surface area contributed by atoms with Crippen molar-refractivity contribution in [2.45, 2.75) is 50.5 Å². The Hall–Kier alpha value is -1.92. The van der Waals surface area contributed by atoms with Crippen molar-refractivity contribution in [3.63, 3.8) is 0 Å². The molecule has 0 aromatic heterocycles. The lowest BCUT2D eigenvalue weighted by atomic mass is 9.83. The fraction of sp³-hybridized carbons (Fsp3) is 0.652. The molecule has 0 unspecified atom stereocenters. The van der Waals surface area contributed by atoms with Crippen molar-refractivity contribution in [1.29, 1.82) is 0 Å². The van der Waals surface area contributed by atoms with Crippen molar-refractivity contribution in [3.8, 4) is 0 Å². The summed E-state index contributed by atoms with van der Waals surface area (Å²) in [4.78, 5) is 27.8. The second-order valence-electron chi connectivity index (χ2n) is 8.36. The smallest absolute Gasteiger partial charge is 0.229 e. The normalized spacial score (nSPS) is 20.8. The van der Waals surface area contributed by atoms with E-state index in [2.05, 4.69) is 5.32 Å². The fourth-order valence-corrected chi connectivity index (χ4v) is 4.37. The summed E-state index contributed by atoms with van der Waals surface area (Å²) < 4.78 is 10.7. The van der Waals surface area contributed by atoms with Crippen molar-refractivity contribution in [2.75, 3.05) is 40.0 Å². The van der Waals surface area contributed by atoms with Gasteiger partial charge in [0, 0.05) is 51.5 Å². The van der Waals surface area contributed by atoms with Gasteiger partial charge >= 0.3 is 0 Å². The molecule has 2 aliphatic rings. The minimum absolute atomic E-state index is 0.0286. The predicted molar refractivity (Wildman–Crippen MR) is 112 cm³/mol. The van der Waals surface area contributed by atoms with Gasteiger partial charge in [0.15, 0.2) is 0 Å². The molecule has 2 amide bonds. The number of hydrogen-bond acceptors (Lipinski definition) is 4. The van der Waals surface area contributed by atoms with Crippen LogP contribution in [0.25, 0.3) is 0 Å². The number of ether oxygens (including phenoxy) is 2. The molecular weight excluding hydrogens is 368 g/mol. The molecule has 0 radical (unpaired) electrons. The number of benzene rings is 1. The minimum Gasteiger partial charge on any atom is -0.385 e. The maximum atomic E-state index is 13.0. The molecule has 0 spiro atoms. The number of hydrogen-bond donors (Lipinski definition) is 1. The van der Waals surface area contributed by atoms with E-state index in [1.807, 2.05) is 42.2 Å². The highest BCUT2D eigenvalue weighted by Crippen LogP contribution is 2.29. The van der Waals surface area contributed by atoms with E-state index >= 15 is 0 Å². The Kier molecular flexibility index (Phi) is 7.67. The average Bonchev–Trinajstić information content (AvgIpc) is 2.78. The summed E-state index contributed by atoms with van der Waals surface area (Å²) >= 11 is 0. The maximum Gasteiger partial charge on any atom is 0.229 e. The van der Waals surface area contributed by atoms with Crippen LogP contribution in [0.5, 0.6) is 0 Å². The number of rotatable bonds is 7. The summed E-state index contributed by atoms with van der Waals surface area (Å²) in [5, 5.41) is 3.34. The number of nitrogens with zero attached hydrogens (tertiary/aromatic N) is 1. The van der Waals surface area contributed by atoms with Crippen LogP contribution in [-0.4, -0.2) is 62.3 Å². The molecule has 6 nitrogen and oxygen atoms in total. The summed E-state index contributed by atoms with van der Waals surface area (Å²) in [6.45, 7) is 5.20. The lowest BCUT2D eigenvalue weighted by molar-refractivity contribution is -0.135. The Labute approximate surface area is 173 Å². The van der Waals surface area contributed by atoms with Crippen LogP contribution in [0.2, 0.25) is 0 Å². The van der Waals surface area contributed by atoms with Gasteiger partial charge in [-0.05, 0) is 44.6 Å². The van der Waals surface area contributed by atoms with E-state index in [0.29, 0.717) is 32.9 Å². The molecule has 2 fully saturated rings. The second-order valence-corrected chi connectivity index (χ2v) is 8.36. The first-order chi connectivity index (χ1) is 14.0. The van der Waals surface area contributed by atoms with Crippen LogP contribution in [0.15, 0.2) is 30.3 Å².